The van der Waals surface area contributed by atoms with E-state index in [1.807, 2.05) is 0 Å². The van der Waals surface area contributed by atoms with Gasteiger partial charge in [-0.2, -0.15) is 13.2 Å². The molecule has 0 saturated carbocycles. The number of aromatic carboxylic acids is 1. The van der Waals surface area contributed by atoms with Gasteiger partial charge in [-0.3, -0.25) is 0 Å². The van der Waals surface area contributed by atoms with Crippen LogP contribution in [0, 0.1) is 0 Å². The van der Waals surface area contributed by atoms with Crippen LogP contribution >= 0.6 is 0 Å². The Morgan fingerprint density at radius 3 is 2.22 bits per heavy atom. The average molecular weight is 324 g/mol. The van der Waals surface area contributed by atoms with Gasteiger partial charge >= 0.3 is 18.1 Å². The fourth-order valence-corrected chi connectivity index (χ4v) is 2.12. The van der Waals surface area contributed by atoms with Crippen LogP contribution in [0.3, 0.4) is 0 Å². The van der Waals surface area contributed by atoms with E-state index in [0.29, 0.717) is 0 Å². The summed E-state index contributed by atoms with van der Waals surface area (Å²) in [7, 11) is 1.10. The number of hydrogen-bond donors (Lipinski definition) is 1. The van der Waals surface area contributed by atoms with Gasteiger partial charge in [0.15, 0.2) is 0 Å². The van der Waals surface area contributed by atoms with Gasteiger partial charge in [0.05, 0.1) is 23.8 Å². The van der Waals surface area contributed by atoms with Gasteiger partial charge in [-0.25, -0.2) is 9.59 Å². The van der Waals surface area contributed by atoms with Crippen LogP contribution < -0.4 is 0 Å². The molecule has 2 rings (SSSR count). The van der Waals surface area contributed by atoms with Gasteiger partial charge in [0, 0.05) is 0 Å². The standard InChI is InChI=1S/C16H11F3O4/c1-23-15(22)11-7-9(6-10(8-11)14(20)21)12-4-2-3-5-13(12)16(17,18)19/h2-8H,1H3,(H,20,21). The predicted molar refractivity (Wildman–Crippen MR) is 75.2 cm³/mol. The number of carbonyl (C=O) groups excluding carboxylic acids is 1. The number of carboxylic acids is 1. The van der Waals surface area contributed by atoms with Crippen molar-refractivity contribution in [2.75, 3.05) is 7.11 Å². The van der Waals surface area contributed by atoms with Gasteiger partial charge in [-0.05, 0) is 35.4 Å². The molecule has 0 unspecified atom stereocenters. The van der Waals surface area contributed by atoms with E-state index in [4.69, 9.17) is 5.11 Å². The van der Waals surface area contributed by atoms with Gasteiger partial charge in [-0.15, -0.1) is 0 Å². The topological polar surface area (TPSA) is 63.6 Å². The van der Waals surface area contributed by atoms with Crippen molar-refractivity contribution < 1.29 is 32.6 Å². The smallest absolute Gasteiger partial charge is 0.417 e. The fourth-order valence-electron chi connectivity index (χ4n) is 2.12. The molecule has 0 heterocycles. The molecular weight excluding hydrogens is 313 g/mol. The molecule has 2 aromatic rings. The molecule has 0 spiro atoms. The lowest BCUT2D eigenvalue weighted by Gasteiger charge is -2.14. The maximum atomic E-state index is 13.1. The Kier molecular flexibility index (Phi) is 4.40. The van der Waals surface area contributed by atoms with E-state index in [9.17, 15) is 22.8 Å². The first-order valence-electron chi connectivity index (χ1n) is 6.37. The molecule has 0 bridgehead atoms. The van der Waals surface area contributed by atoms with Crippen LogP contribution in [0.5, 0.6) is 0 Å². The van der Waals surface area contributed by atoms with Crippen molar-refractivity contribution in [1.29, 1.82) is 0 Å². The predicted octanol–water partition coefficient (Wildman–Crippen LogP) is 3.86. The molecule has 2 aromatic carbocycles. The minimum Gasteiger partial charge on any atom is -0.478 e. The Morgan fingerprint density at radius 2 is 1.65 bits per heavy atom. The minimum atomic E-state index is -4.61. The van der Waals surface area contributed by atoms with Gasteiger partial charge in [0.2, 0.25) is 0 Å². The number of alkyl halides is 3. The molecular formula is C16H11F3O4. The maximum absolute atomic E-state index is 13.1. The Labute approximate surface area is 129 Å². The largest absolute Gasteiger partial charge is 0.478 e. The van der Waals surface area contributed by atoms with Crippen LogP contribution in [-0.4, -0.2) is 24.2 Å². The van der Waals surface area contributed by atoms with Crippen molar-refractivity contribution in [2.45, 2.75) is 6.18 Å². The van der Waals surface area contributed by atoms with Crippen molar-refractivity contribution in [2.24, 2.45) is 0 Å². The summed E-state index contributed by atoms with van der Waals surface area (Å²) in [5.74, 6) is -2.19. The zero-order chi connectivity index (χ0) is 17.2. The monoisotopic (exact) mass is 324 g/mol. The highest BCUT2D eigenvalue weighted by molar-refractivity contribution is 5.97. The maximum Gasteiger partial charge on any atom is 0.417 e. The summed E-state index contributed by atoms with van der Waals surface area (Å²) in [6.07, 6.45) is -4.61. The van der Waals surface area contributed by atoms with Crippen molar-refractivity contribution >= 4 is 11.9 Å². The Morgan fingerprint density at radius 1 is 1.04 bits per heavy atom. The zero-order valence-corrected chi connectivity index (χ0v) is 11.8. The van der Waals surface area contributed by atoms with E-state index in [-0.39, 0.29) is 22.3 Å². The third kappa shape index (κ3) is 3.50. The van der Waals surface area contributed by atoms with Crippen molar-refractivity contribution in [3.05, 3.63) is 59.2 Å². The molecule has 7 heteroatoms. The summed E-state index contributed by atoms with van der Waals surface area (Å²) < 4.78 is 43.8. The number of ether oxygens (including phenoxy) is 1. The van der Waals surface area contributed by atoms with Crippen molar-refractivity contribution in [3.63, 3.8) is 0 Å². The van der Waals surface area contributed by atoms with E-state index in [1.54, 1.807) is 0 Å². The molecule has 0 fully saturated rings. The highest BCUT2D eigenvalue weighted by Crippen LogP contribution is 2.37. The third-order valence-electron chi connectivity index (χ3n) is 3.14. The number of hydrogen-bond acceptors (Lipinski definition) is 3. The van der Waals surface area contributed by atoms with Crippen LogP contribution in [0.1, 0.15) is 26.3 Å². The van der Waals surface area contributed by atoms with E-state index >= 15 is 0 Å². The van der Waals surface area contributed by atoms with E-state index < -0.39 is 23.7 Å². The molecule has 120 valence electrons. The third-order valence-corrected chi connectivity index (χ3v) is 3.14. The molecule has 4 nitrogen and oxygen atoms in total. The Hall–Kier alpha value is -2.83. The van der Waals surface area contributed by atoms with Crippen LogP contribution in [0.4, 0.5) is 13.2 Å². The zero-order valence-electron chi connectivity index (χ0n) is 11.8. The molecule has 23 heavy (non-hydrogen) atoms. The first-order valence-corrected chi connectivity index (χ1v) is 6.37. The second-order valence-electron chi connectivity index (χ2n) is 4.64. The summed E-state index contributed by atoms with van der Waals surface area (Å²) in [6, 6.07) is 8.03. The molecule has 0 aromatic heterocycles. The number of esters is 1. The molecule has 1 N–H and O–H groups in total. The van der Waals surface area contributed by atoms with Gasteiger partial charge in [-0.1, -0.05) is 18.2 Å². The van der Waals surface area contributed by atoms with Gasteiger partial charge in [0.1, 0.15) is 0 Å². The minimum absolute atomic E-state index is 0.0294. The normalized spacial score (nSPS) is 11.1. The highest BCUT2D eigenvalue weighted by Gasteiger charge is 2.33. The molecule has 0 atom stereocenters. The number of carbonyl (C=O) groups is 2. The fraction of sp³-hybridized carbons (Fsp3) is 0.125. The van der Waals surface area contributed by atoms with E-state index in [2.05, 4.69) is 4.74 Å². The second-order valence-corrected chi connectivity index (χ2v) is 4.64. The molecule has 0 aliphatic rings. The summed E-state index contributed by atoms with van der Waals surface area (Å²) in [4.78, 5) is 22.8. The Bertz CT molecular complexity index is 766. The molecule has 0 radical (unpaired) electrons. The molecule has 0 amide bonds. The van der Waals surface area contributed by atoms with Crippen molar-refractivity contribution in [3.8, 4) is 11.1 Å². The summed E-state index contributed by atoms with van der Waals surface area (Å²) >= 11 is 0. The average Bonchev–Trinajstić information content (AvgIpc) is 2.52. The lowest BCUT2D eigenvalue weighted by molar-refractivity contribution is -0.137. The summed E-state index contributed by atoms with van der Waals surface area (Å²) in [5, 5.41) is 9.09. The lowest BCUT2D eigenvalue weighted by atomic mass is 9.95. The molecule has 0 saturated heterocycles. The van der Waals surface area contributed by atoms with Gasteiger partial charge < -0.3 is 9.84 Å². The first-order chi connectivity index (χ1) is 10.7. The van der Waals surface area contributed by atoms with Gasteiger partial charge in [0.25, 0.3) is 0 Å². The Balaban J connectivity index is 2.71. The van der Waals surface area contributed by atoms with E-state index in [0.717, 1.165) is 25.3 Å². The first kappa shape index (κ1) is 16.5. The summed E-state index contributed by atoms with van der Waals surface area (Å²) in [5.41, 5.74) is -1.61. The highest BCUT2D eigenvalue weighted by atomic mass is 19.4. The number of rotatable bonds is 3. The van der Waals surface area contributed by atoms with Crippen LogP contribution in [0.25, 0.3) is 11.1 Å². The van der Waals surface area contributed by atoms with Crippen LogP contribution in [0.2, 0.25) is 0 Å². The lowest BCUT2D eigenvalue weighted by Crippen LogP contribution is -2.09. The molecule has 0 aliphatic heterocycles. The second kappa shape index (κ2) is 6.12. The van der Waals surface area contributed by atoms with Crippen LogP contribution in [-0.2, 0) is 10.9 Å². The van der Waals surface area contributed by atoms with Crippen LogP contribution in [0.15, 0.2) is 42.5 Å². The molecule has 0 aliphatic carbocycles. The number of carboxylic acid groups (broad SMARTS) is 1. The number of benzene rings is 2. The van der Waals surface area contributed by atoms with E-state index in [1.165, 1.54) is 24.3 Å². The SMILES string of the molecule is COC(=O)c1cc(C(=O)O)cc(-c2ccccc2C(F)(F)F)c1. The van der Waals surface area contributed by atoms with Crippen molar-refractivity contribution in [1.82, 2.24) is 0 Å². The summed E-state index contributed by atoms with van der Waals surface area (Å²) in [6.45, 7) is 0. The quantitative estimate of drug-likeness (QED) is 0.871. The number of halogens is 3. The number of methoxy groups -OCH3 is 1.